The number of hydrogen-bond acceptors (Lipinski definition) is 3. The maximum atomic E-state index is 5.95. The lowest BCUT2D eigenvalue weighted by atomic mass is 9.96. The Labute approximate surface area is 96.2 Å². The van der Waals surface area contributed by atoms with E-state index in [1.54, 1.807) is 0 Å². The van der Waals surface area contributed by atoms with Gasteiger partial charge in [0.25, 0.3) is 0 Å². The molecule has 3 rings (SSSR count). The van der Waals surface area contributed by atoms with Crippen LogP contribution in [0.15, 0.2) is 18.5 Å². The van der Waals surface area contributed by atoms with E-state index in [0.717, 1.165) is 18.3 Å². The Kier molecular flexibility index (Phi) is 2.79. The molecule has 2 aliphatic rings. The predicted octanol–water partition coefficient (Wildman–Crippen LogP) is 2.26. The van der Waals surface area contributed by atoms with Gasteiger partial charge in [0.1, 0.15) is 5.75 Å². The molecule has 0 amide bonds. The quantitative estimate of drug-likeness (QED) is 0.823. The van der Waals surface area contributed by atoms with E-state index in [9.17, 15) is 0 Å². The number of ether oxygens (including phenoxy) is 1. The van der Waals surface area contributed by atoms with Crippen LogP contribution in [0.3, 0.4) is 0 Å². The molecule has 0 aliphatic heterocycles. The first-order valence-corrected chi connectivity index (χ1v) is 6.25. The van der Waals surface area contributed by atoms with Gasteiger partial charge in [-0.3, -0.25) is 4.98 Å². The van der Waals surface area contributed by atoms with Gasteiger partial charge < -0.3 is 10.1 Å². The number of rotatable bonds is 5. The third-order valence-corrected chi connectivity index (χ3v) is 3.36. The van der Waals surface area contributed by atoms with E-state index in [1.165, 1.54) is 37.7 Å². The molecule has 2 fully saturated rings. The highest BCUT2D eigenvalue weighted by Crippen LogP contribution is 2.27. The van der Waals surface area contributed by atoms with Crippen LogP contribution in [0, 0.1) is 0 Å². The number of nitrogens with one attached hydrogen (secondary N) is 1. The monoisotopic (exact) mass is 218 g/mol. The predicted molar refractivity (Wildman–Crippen MR) is 62.4 cm³/mol. The second-order valence-corrected chi connectivity index (χ2v) is 4.81. The van der Waals surface area contributed by atoms with Gasteiger partial charge in [-0.1, -0.05) is 0 Å². The lowest BCUT2D eigenvalue weighted by molar-refractivity contribution is 0.119. The zero-order valence-electron chi connectivity index (χ0n) is 9.48. The molecule has 1 aromatic heterocycles. The number of pyridine rings is 1. The van der Waals surface area contributed by atoms with Crippen molar-refractivity contribution in [1.82, 2.24) is 10.3 Å². The largest absolute Gasteiger partial charge is 0.490 e. The highest BCUT2D eigenvalue weighted by Gasteiger charge is 2.22. The van der Waals surface area contributed by atoms with Crippen LogP contribution < -0.4 is 10.1 Å². The fraction of sp³-hybridized carbons (Fsp3) is 0.615. The molecular weight excluding hydrogens is 200 g/mol. The molecule has 16 heavy (non-hydrogen) atoms. The van der Waals surface area contributed by atoms with Crippen LogP contribution >= 0.6 is 0 Å². The lowest BCUT2D eigenvalue weighted by Crippen LogP contribution is -2.25. The minimum Gasteiger partial charge on any atom is -0.490 e. The highest BCUT2D eigenvalue weighted by molar-refractivity contribution is 5.30. The van der Waals surface area contributed by atoms with Crippen molar-refractivity contribution in [2.45, 2.75) is 50.8 Å². The van der Waals surface area contributed by atoms with Crippen LogP contribution in [0.5, 0.6) is 5.75 Å². The summed E-state index contributed by atoms with van der Waals surface area (Å²) in [6.07, 6.45) is 10.5. The average molecular weight is 218 g/mol. The Morgan fingerprint density at radius 3 is 2.88 bits per heavy atom. The first kappa shape index (κ1) is 10.1. The van der Waals surface area contributed by atoms with Gasteiger partial charge in [0.2, 0.25) is 0 Å². The summed E-state index contributed by atoms with van der Waals surface area (Å²) in [6.45, 7) is 0.889. The van der Waals surface area contributed by atoms with Gasteiger partial charge >= 0.3 is 0 Å². The number of nitrogens with zero attached hydrogens (tertiary/aromatic N) is 1. The topological polar surface area (TPSA) is 34.1 Å². The van der Waals surface area contributed by atoms with Crippen molar-refractivity contribution >= 4 is 0 Å². The maximum absolute atomic E-state index is 5.95. The van der Waals surface area contributed by atoms with E-state index >= 15 is 0 Å². The molecule has 2 aliphatic carbocycles. The fourth-order valence-corrected chi connectivity index (χ4v) is 1.87. The molecule has 86 valence electrons. The summed E-state index contributed by atoms with van der Waals surface area (Å²) in [7, 11) is 0. The molecule has 0 aromatic carbocycles. The van der Waals surface area contributed by atoms with Crippen molar-refractivity contribution in [3.63, 3.8) is 0 Å². The van der Waals surface area contributed by atoms with Gasteiger partial charge in [0, 0.05) is 30.5 Å². The molecule has 0 unspecified atom stereocenters. The molecule has 0 bridgehead atoms. The maximum Gasteiger partial charge on any atom is 0.127 e. The lowest BCUT2D eigenvalue weighted by Gasteiger charge is -2.27. The van der Waals surface area contributed by atoms with Crippen molar-refractivity contribution in [3.8, 4) is 5.75 Å². The molecule has 3 nitrogen and oxygen atoms in total. The van der Waals surface area contributed by atoms with E-state index in [4.69, 9.17) is 4.74 Å². The zero-order chi connectivity index (χ0) is 10.8. The summed E-state index contributed by atoms with van der Waals surface area (Å²) < 4.78 is 5.95. The minimum atomic E-state index is 0.446. The Morgan fingerprint density at radius 2 is 2.19 bits per heavy atom. The van der Waals surface area contributed by atoms with E-state index in [0.29, 0.717) is 6.10 Å². The van der Waals surface area contributed by atoms with Crippen LogP contribution in [0.2, 0.25) is 0 Å². The van der Waals surface area contributed by atoms with Crippen molar-refractivity contribution in [1.29, 1.82) is 0 Å². The van der Waals surface area contributed by atoms with Crippen LogP contribution in [-0.2, 0) is 6.54 Å². The van der Waals surface area contributed by atoms with E-state index in [-0.39, 0.29) is 0 Å². The van der Waals surface area contributed by atoms with Gasteiger partial charge in [-0.15, -0.1) is 0 Å². The first-order valence-electron chi connectivity index (χ1n) is 6.25. The van der Waals surface area contributed by atoms with Crippen LogP contribution in [0.4, 0.5) is 0 Å². The molecule has 0 spiro atoms. The number of hydrogen-bond donors (Lipinski definition) is 1. The molecule has 1 N–H and O–H groups in total. The van der Waals surface area contributed by atoms with Gasteiger partial charge in [-0.25, -0.2) is 0 Å². The third kappa shape index (κ3) is 2.35. The SMILES string of the molecule is c1cc(OC2CCC2)c(CNC2CC2)cn1. The third-order valence-electron chi connectivity index (χ3n) is 3.36. The first-order chi connectivity index (χ1) is 7.92. The van der Waals surface area contributed by atoms with Crippen LogP contribution in [0.25, 0.3) is 0 Å². The molecule has 3 heteroatoms. The summed E-state index contributed by atoms with van der Waals surface area (Å²) in [5, 5.41) is 3.50. The smallest absolute Gasteiger partial charge is 0.127 e. The Morgan fingerprint density at radius 1 is 1.31 bits per heavy atom. The van der Waals surface area contributed by atoms with E-state index < -0.39 is 0 Å². The highest BCUT2D eigenvalue weighted by atomic mass is 16.5. The molecule has 2 saturated carbocycles. The van der Waals surface area contributed by atoms with Gasteiger partial charge in [-0.2, -0.15) is 0 Å². The summed E-state index contributed by atoms with van der Waals surface area (Å²) in [4.78, 5) is 4.17. The molecule has 1 aromatic rings. The van der Waals surface area contributed by atoms with Crippen molar-refractivity contribution in [3.05, 3.63) is 24.0 Å². The summed E-state index contributed by atoms with van der Waals surface area (Å²) in [6, 6.07) is 2.72. The molecular formula is C13H18N2O. The zero-order valence-corrected chi connectivity index (χ0v) is 9.48. The van der Waals surface area contributed by atoms with Gasteiger partial charge in [-0.05, 0) is 38.2 Å². The molecule has 0 atom stereocenters. The Balaban J connectivity index is 1.63. The average Bonchev–Trinajstić information content (AvgIpc) is 3.05. The second kappa shape index (κ2) is 4.42. The molecule has 0 saturated heterocycles. The van der Waals surface area contributed by atoms with Crippen molar-refractivity contribution in [2.75, 3.05) is 0 Å². The molecule has 0 radical (unpaired) electrons. The van der Waals surface area contributed by atoms with E-state index in [2.05, 4.69) is 10.3 Å². The van der Waals surface area contributed by atoms with Crippen LogP contribution in [0.1, 0.15) is 37.7 Å². The Hall–Kier alpha value is -1.09. The van der Waals surface area contributed by atoms with Gasteiger partial charge in [0.05, 0.1) is 6.10 Å². The van der Waals surface area contributed by atoms with E-state index in [1.807, 2.05) is 18.5 Å². The summed E-state index contributed by atoms with van der Waals surface area (Å²) in [5.74, 6) is 1.02. The normalized spacial score (nSPS) is 20.5. The number of aromatic nitrogens is 1. The molecule has 1 heterocycles. The fourth-order valence-electron chi connectivity index (χ4n) is 1.87. The minimum absolute atomic E-state index is 0.446. The van der Waals surface area contributed by atoms with Crippen molar-refractivity contribution < 1.29 is 4.74 Å². The standard InChI is InChI=1S/C13H18N2O/c1-2-12(3-1)16-13-6-7-14-8-10(13)9-15-11-4-5-11/h6-8,11-12,15H,1-5,9H2. The van der Waals surface area contributed by atoms with Crippen LogP contribution in [-0.4, -0.2) is 17.1 Å². The second-order valence-electron chi connectivity index (χ2n) is 4.81. The summed E-state index contributed by atoms with van der Waals surface area (Å²) in [5.41, 5.74) is 1.20. The summed E-state index contributed by atoms with van der Waals surface area (Å²) >= 11 is 0. The van der Waals surface area contributed by atoms with Crippen molar-refractivity contribution in [2.24, 2.45) is 0 Å². The Bertz CT molecular complexity index is 359. The van der Waals surface area contributed by atoms with Gasteiger partial charge in [0.15, 0.2) is 0 Å².